The zero-order valence-corrected chi connectivity index (χ0v) is 11.8. The molecule has 0 heterocycles. The normalized spacial score (nSPS) is 27.4. The molecule has 1 rings (SSSR count). The molecule has 2 nitrogen and oxygen atoms in total. The Morgan fingerprint density at radius 1 is 1.25 bits per heavy atom. The van der Waals surface area contributed by atoms with Crippen molar-refractivity contribution in [1.29, 1.82) is 0 Å². The van der Waals surface area contributed by atoms with Gasteiger partial charge < -0.3 is 10.2 Å². The van der Waals surface area contributed by atoms with Gasteiger partial charge in [-0.15, -0.1) is 0 Å². The minimum atomic E-state index is 0.263. The highest BCUT2D eigenvalue weighted by molar-refractivity contribution is 4.84. The first-order valence-corrected chi connectivity index (χ1v) is 6.86. The number of rotatable bonds is 5. The molecule has 0 aromatic carbocycles. The van der Waals surface area contributed by atoms with Crippen LogP contribution < -0.4 is 5.32 Å². The summed E-state index contributed by atoms with van der Waals surface area (Å²) >= 11 is 0. The largest absolute Gasteiger partial charge is 0.312 e. The maximum Gasteiger partial charge on any atom is 0.0271 e. The fraction of sp³-hybridized carbons (Fsp3) is 1.00. The van der Waals surface area contributed by atoms with Crippen LogP contribution in [0.2, 0.25) is 0 Å². The molecule has 16 heavy (non-hydrogen) atoms. The molecule has 1 saturated carbocycles. The Bertz CT molecular complexity index is 199. The third-order valence-corrected chi connectivity index (χ3v) is 4.39. The van der Waals surface area contributed by atoms with Crippen molar-refractivity contribution >= 4 is 0 Å². The van der Waals surface area contributed by atoms with Crippen molar-refractivity contribution in [2.45, 2.75) is 64.5 Å². The topological polar surface area (TPSA) is 15.3 Å². The van der Waals surface area contributed by atoms with Crippen LogP contribution in [0.4, 0.5) is 0 Å². The van der Waals surface area contributed by atoms with E-state index in [0.29, 0.717) is 0 Å². The standard InChI is InChI=1S/C14H30N2/c1-6-12-8-7-9-13(10-12)15-11-14(2,3)16(4)5/h12-13,15H,6-11H2,1-5H3. The van der Waals surface area contributed by atoms with Gasteiger partial charge >= 0.3 is 0 Å². The lowest BCUT2D eigenvalue weighted by molar-refractivity contribution is 0.172. The maximum absolute atomic E-state index is 3.77. The van der Waals surface area contributed by atoms with Gasteiger partial charge in [-0.2, -0.15) is 0 Å². The Kier molecular flexibility index (Phi) is 5.26. The van der Waals surface area contributed by atoms with Crippen LogP contribution in [0.3, 0.4) is 0 Å². The highest BCUT2D eigenvalue weighted by Gasteiger charge is 2.24. The van der Waals surface area contributed by atoms with E-state index in [9.17, 15) is 0 Å². The number of hydrogen-bond donors (Lipinski definition) is 1. The van der Waals surface area contributed by atoms with E-state index in [-0.39, 0.29) is 5.54 Å². The summed E-state index contributed by atoms with van der Waals surface area (Å²) in [6.45, 7) is 8.04. The van der Waals surface area contributed by atoms with E-state index < -0.39 is 0 Å². The molecule has 0 saturated heterocycles. The first kappa shape index (κ1) is 14.0. The molecule has 0 spiro atoms. The fourth-order valence-electron chi connectivity index (χ4n) is 2.40. The zero-order valence-electron chi connectivity index (χ0n) is 11.8. The SMILES string of the molecule is CCC1CCCC(NCC(C)(C)N(C)C)C1. The van der Waals surface area contributed by atoms with Gasteiger partial charge in [0.2, 0.25) is 0 Å². The minimum Gasteiger partial charge on any atom is -0.312 e. The van der Waals surface area contributed by atoms with E-state index >= 15 is 0 Å². The van der Waals surface area contributed by atoms with Gasteiger partial charge in [0, 0.05) is 18.1 Å². The molecular weight excluding hydrogens is 196 g/mol. The van der Waals surface area contributed by atoms with Crippen molar-refractivity contribution in [2.75, 3.05) is 20.6 Å². The summed E-state index contributed by atoms with van der Waals surface area (Å²) in [4.78, 5) is 2.31. The molecule has 2 heteroatoms. The Hall–Kier alpha value is -0.0800. The van der Waals surface area contributed by atoms with Crippen molar-refractivity contribution in [3.63, 3.8) is 0 Å². The molecule has 2 atom stereocenters. The van der Waals surface area contributed by atoms with Gasteiger partial charge in [-0.3, -0.25) is 0 Å². The summed E-state index contributed by atoms with van der Waals surface area (Å²) in [5.74, 6) is 0.966. The van der Waals surface area contributed by atoms with Crippen molar-refractivity contribution in [3.05, 3.63) is 0 Å². The molecule has 96 valence electrons. The van der Waals surface area contributed by atoms with Crippen molar-refractivity contribution in [1.82, 2.24) is 10.2 Å². The molecule has 2 unspecified atom stereocenters. The molecule has 0 radical (unpaired) electrons. The zero-order chi connectivity index (χ0) is 12.2. The predicted molar refractivity (Wildman–Crippen MR) is 71.8 cm³/mol. The quantitative estimate of drug-likeness (QED) is 0.775. The average molecular weight is 226 g/mol. The van der Waals surface area contributed by atoms with E-state index in [4.69, 9.17) is 0 Å². The summed E-state index contributed by atoms with van der Waals surface area (Å²) in [6, 6.07) is 0.762. The molecule has 0 amide bonds. The summed E-state index contributed by atoms with van der Waals surface area (Å²) < 4.78 is 0. The summed E-state index contributed by atoms with van der Waals surface area (Å²) in [5, 5.41) is 3.77. The van der Waals surface area contributed by atoms with Gasteiger partial charge in [0.05, 0.1) is 0 Å². The lowest BCUT2D eigenvalue weighted by Gasteiger charge is -2.36. The van der Waals surface area contributed by atoms with Gasteiger partial charge in [-0.1, -0.05) is 26.2 Å². The fourth-order valence-corrected chi connectivity index (χ4v) is 2.40. The highest BCUT2D eigenvalue weighted by atomic mass is 15.2. The van der Waals surface area contributed by atoms with E-state index in [1.54, 1.807) is 0 Å². The van der Waals surface area contributed by atoms with E-state index in [2.05, 4.69) is 45.1 Å². The summed E-state index contributed by atoms with van der Waals surface area (Å²) in [5.41, 5.74) is 0.263. The molecule has 1 fully saturated rings. The second-order valence-corrected chi connectivity index (χ2v) is 6.23. The predicted octanol–water partition coefficient (Wildman–Crippen LogP) is 2.89. The first-order valence-electron chi connectivity index (χ1n) is 6.86. The average Bonchev–Trinajstić information content (AvgIpc) is 2.26. The van der Waals surface area contributed by atoms with E-state index in [0.717, 1.165) is 18.5 Å². The van der Waals surface area contributed by atoms with Crippen LogP contribution in [-0.4, -0.2) is 37.1 Å². The summed E-state index contributed by atoms with van der Waals surface area (Å²) in [7, 11) is 4.33. The van der Waals surface area contributed by atoms with Crippen molar-refractivity contribution < 1.29 is 0 Å². The molecule has 0 aliphatic heterocycles. The van der Waals surface area contributed by atoms with E-state index in [1.807, 2.05) is 0 Å². The Labute approximate surface area is 102 Å². The monoisotopic (exact) mass is 226 g/mol. The Morgan fingerprint density at radius 3 is 2.50 bits per heavy atom. The molecule has 0 aromatic heterocycles. The number of hydrogen-bond acceptors (Lipinski definition) is 2. The Balaban J connectivity index is 2.32. The van der Waals surface area contributed by atoms with Gasteiger partial charge in [-0.25, -0.2) is 0 Å². The van der Waals surface area contributed by atoms with Crippen LogP contribution in [0.1, 0.15) is 52.9 Å². The summed E-state index contributed by atoms with van der Waals surface area (Å²) in [6.07, 6.45) is 6.99. The lowest BCUT2D eigenvalue weighted by Crippen LogP contribution is -2.50. The first-order chi connectivity index (χ1) is 7.45. The third kappa shape index (κ3) is 4.06. The number of nitrogens with zero attached hydrogens (tertiary/aromatic N) is 1. The van der Waals surface area contributed by atoms with Crippen LogP contribution in [0, 0.1) is 5.92 Å². The molecule has 0 bridgehead atoms. The van der Waals surface area contributed by atoms with Crippen LogP contribution >= 0.6 is 0 Å². The van der Waals surface area contributed by atoms with Crippen LogP contribution in [0.15, 0.2) is 0 Å². The van der Waals surface area contributed by atoms with Crippen LogP contribution in [-0.2, 0) is 0 Å². The van der Waals surface area contributed by atoms with Crippen LogP contribution in [0.25, 0.3) is 0 Å². The van der Waals surface area contributed by atoms with Crippen LogP contribution in [0.5, 0.6) is 0 Å². The minimum absolute atomic E-state index is 0.263. The van der Waals surface area contributed by atoms with Gasteiger partial charge in [0.25, 0.3) is 0 Å². The molecule has 0 aromatic rings. The maximum atomic E-state index is 3.77. The van der Waals surface area contributed by atoms with Crippen molar-refractivity contribution in [3.8, 4) is 0 Å². The van der Waals surface area contributed by atoms with Gasteiger partial charge in [0.1, 0.15) is 0 Å². The lowest BCUT2D eigenvalue weighted by atomic mass is 9.84. The highest BCUT2D eigenvalue weighted by Crippen LogP contribution is 2.26. The second-order valence-electron chi connectivity index (χ2n) is 6.23. The smallest absolute Gasteiger partial charge is 0.0271 e. The van der Waals surface area contributed by atoms with E-state index in [1.165, 1.54) is 32.1 Å². The van der Waals surface area contributed by atoms with Gasteiger partial charge in [-0.05, 0) is 46.7 Å². The molecule has 1 aliphatic carbocycles. The molecule has 1 N–H and O–H groups in total. The second kappa shape index (κ2) is 6.02. The Morgan fingerprint density at radius 2 is 1.94 bits per heavy atom. The molecule has 1 aliphatic rings. The van der Waals surface area contributed by atoms with Gasteiger partial charge in [0.15, 0.2) is 0 Å². The van der Waals surface area contributed by atoms with Crippen molar-refractivity contribution in [2.24, 2.45) is 5.92 Å². The molecular formula is C14H30N2. The third-order valence-electron chi connectivity index (χ3n) is 4.39. The number of nitrogens with one attached hydrogen (secondary N) is 1. The number of likely N-dealkylation sites (N-methyl/N-ethyl adjacent to an activating group) is 1.